The minimum absolute atomic E-state index is 0.0342. The first-order chi connectivity index (χ1) is 9.97. The molecule has 0 saturated heterocycles. The fourth-order valence-electron chi connectivity index (χ4n) is 2.89. The molecular weight excluding hydrogens is 288 g/mol. The Hall–Kier alpha value is -1.17. The van der Waals surface area contributed by atoms with Crippen molar-refractivity contribution < 1.29 is 14.3 Å². The van der Waals surface area contributed by atoms with Gasteiger partial charge in [-0.2, -0.15) is 0 Å². The second kappa shape index (κ2) is 8.32. The highest BCUT2D eigenvalue weighted by molar-refractivity contribution is 7.80. The number of likely N-dealkylation sites (N-methyl/N-ethyl adjacent to an activating group) is 1. The first kappa shape index (κ1) is 17.9. The van der Waals surface area contributed by atoms with Crippen molar-refractivity contribution in [1.82, 2.24) is 4.90 Å². The summed E-state index contributed by atoms with van der Waals surface area (Å²) in [5.74, 6) is -0.508. The van der Waals surface area contributed by atoms with E-state index < -0.39 is 5.41 Å². The van der Waals surface area contributed by atoms with Gasteiger partial charge in [0.25, 0.3) is 0 Å². The van der Waals surface area contributed by atoms with Crippen molar-refractivity contribution in [3.63, 3.8) is 0 Å². The molecule has 1 aliphatic carbocycles. The molecule has 1 fully saturated rings. The van der Waals surface area contributed by atoms with Gasteiger partial charge in [-0.25, -0.2) is 0 Å². The van der Waals surface area contributed by atoms with E-state index in [0.717, 1.165) is 25.7 Å². The minimum Gasteiger partial charge on any atom is -0.465 e. The summed E-state index contributed by atoms with van der Waals surface area (Å²) in [6.45, 7) is 4.32. The topological polar surface area (TPSA) is 72.6 Å². The summed E-state index contributed by atoms with van der Waals surface area (Å²) in [5, 5.41) is 0. The normalized spacial score (nSPS) is 17.6. The second-order valence-electron chi connectivity index (χ2n) is 5.48. The van der Waals surface area contributed by atoms with E-state index in [-0.39, 0.29) is 23.4 Å². The van der Waals surface area contributed by atoms with Crippen LogP contribution in [0.15, 0.2) is 0 Å². The van der Waals surface area contributed by atoms with E-state index in [1.54, 1.807) is 6.92 Å². The SMILES string of the molecule is CCOC(=O)CN(CC)C(=O)C1(C(N)=S)CCCCCC1. The zero-order valence-electron chi connectivity index (χ0n) is 13.0. The lowest BCUT2D eigenvalue weighted by atomic mass is 9.78. The number of carbonyl (C=O) groups is 2. The second-order valence-corrected chi connectivity index (χ2v) is 5.92. The van der Waals surface area contributed by atoms with Crippen LogP contribution in [0.5, 0.6) is 0 Å². The molecule has 0 aromatic heterocycles. The highest BCUT2D eigenvalue weighted by atomic mass is 32.1. The third kappa shape index (κ3) is 4.40. The van der Waals surface area contributed by atoms with Gasteiger partial charge >= 0.3 is 5.97 Å². The number of amides is 1. The maximum atomic E-state index is 12.9. The smallest absolute Gasteiger partial charge is 0.325 e. The van der Waals surface area contributed by atoms with Gasteiger partial charge in [0, 0.05) is 6.54 Å². The quantitative estimate of drug-likeness (QED) is 0.461. The molecule has 0 aromatic carbocycles. The first-order valence-corrected chi connectivity index (χ1v) is 8.13. The fourth-order valence-corrected chi connectivity index (χ4v) is 3.18. The van der Waals surface area contributed by atoms with Crippen LogP contribution in [0, 0.1) is 5.41 Å². The molecule has 6 heteroatoms. The summed E-state index contributed by atoms with van der Waals surface area (Å²) < 4.78 is 4.93. The van der Waals surface area contributed by atoms with Crippen molar-refractivity contribution in [3.8, 4) is 0 Å². The molecule has 0 radical (unpaired) electrons. The van der Waals surface area contributed by atoms with Crippen molar-refractivity contribution in [2.45, 2.75) is 52.4 Å². The van der Waals surface area contributed by atoms with Gasteiger partial charge < -0.3 is 15.4 Å². The first-order valence-electron chi connectivity index (χ1n) is 7.72. The highest BCUT2D eigenvalue weighted by Gasteiger charge is 2.44. The Morgan fingerprint density at radius 2 is 1.76 bits per heavy atom. The molecule has 120 valence electrons. The number of ether oxygens (including phenoxy) is 1. The molecule has 1 aliphatic rings. The van der Waals surface area contributed by atoms with Gasteiger partial charge in [0.2, 0.25) is 5.91 Å². The average Bonchev–Trinajstić information content (AvgIpc) is 2.71. The standard InChI is InChI=1S/C15H26N2O3S/c1-3-17(11-12(18)20-4-2)14(19)15(13(16)21)9-7-5-6-8-10-15/h3-11H2,1-2H3,(H2,16,21). The Balaban J connectivity index is 2.91. The van der Waals surface area contributed by atoms with Gasteiger partial charge in [-0.1, -0.05) is 37.9 Å². The van der Waals surface area contributed by atoms with E-state index in [0.29, 0.717) is 26.0 Å². The Labute approximate surface area is 132 Å². The van der Waals surface area contributed by atoms with E-state index >= 15 is 0 Å². The number of thiocarbonyl (C=S) groups is 1. The third-order valence-electron chi connectivity index (χ3n) is 4.13. The van der Waals surface area contributed by atoms with E-state index in [2.05, 4.69) is 0 Å². The monoisotopic (exact) mass is 314 g/mol. The number of carbonyl (C=O) groups excluding carboxylic acids is 2. The number of esters is 1. The van der Waals surface area contributed by atoms with Gasteiger partial charge in [0.1, 0.15) is 6.54 Å². The fraction of sp³-hybridized carbons (Fsp3) is 0.800. The van der Waals surface area contributed by atoms with Crippen molar-refractivity contribution >= 4 is 29.1 Å². The molecule has 0 heterocycles. The predicted molar refractivity (Wildman–Crippen MR) is 85.8 cm³/mol. The molecule has 0 aliphatic heterocycles. The molecule has 0 bridgehead atoms. The summed E-state index contributed by atoms with van der Waals surface area (Å²) >= 11 is 5.21. The molecular formula is C15H26N2O3S. The predicted octanol–water partition coefficient (Wildman–Crippen LogP) is 2.02. The van der Waals surface area contributed by atoms with Crippen LogP contribution in [0.1, 0.15) is 52.4 Å². The van der Waals surface area contributed by atoms with Gasteiger partial charge in [0.15, 0.2) is 0 Å². The Bertz CT molecular complexity index is 390. The summed E-state index contributed by atoms with van der Waals surface area (Å²) in [4.78, 5) is 26.4. The molecule has 1 amide bonds. The number of hydrogen-bond acceptors (Lipinski definition) is 4. The van der Waals surface area contributed by atoms with E-state index in [9.17, 15) is 9.59 Å². The third-order valence-corrected chi connectivity index (χ3v) is 4.52. The molecule has 0 atom stereocenters. The summed E-state index contributed by atoms with van der Waals surface area (Å²) in [6, 6.07) is 0. The van der Waals surface area contributed by atoms with Gasteiger partial charge in [-0.05, 0) is 26.7 Å². The van der Waals surface area contributed by atoms with Crippen molar-refractivity contribution in [2.24, 2.45) is 11.1 Å². The Kier molecular flexibility index (Phi) is 7.08. The van der Waals surface area contributed by atoms with Crippen LogP contribution >= 0.6 is 12.2 Å². The number of rotatable bonds is 6. The molecule has 2 N–H and O–H groups in total. The Morgan fingerprint density at radius 1 is 1.19 bits per heavy atom. The van der Waals surface area contributed by atoms with Crippen molar-refractivity contribution in [3.05, 3.63) is 0 Å². The molecule has 5 nitrogen and oxygen atoms in total. The lowest BCUT2D eigenvalue weighted by Gasteiger charge is -2.35. The molecule has 0 unspecified atom stereocenters. The zero-order valence-corrected chi connectivity index (χ0v) is 13.8. The van der Waals surface area contributed by atoms with Crippen LogP contribution in [-0.4, -0.2) is 41.5 Å². The van der Waals surface area contributed by atoms with Crippen LogP contribution in [0.3, 0.4) is 0 Å². The van der Waals surface area contributed by atoms with E-state index in [1.165, 1.54) is 4.90 Å². The number of hydrogen-bond donors (Lipinski definition) is 1. The molecule has 0 spiro atoms. The lowest BCUT2D eigenvalue weighted by Crippen LogP contribution is -2.51. The Morgan fingerprint density at radius 3 is 2.19 bits per heavy atom. The average molecular weight is 314 g/mol. The highest BCUT2D eigenvalue weighted by Crippen LogP contribution is 2.37. The van der Waals surface area contributed by atoms with Gasteiger partial charge in [-0.3, -0.25) is 9.59 Å². The van der Waals surface area contributed by atoms with Gasteiger partial charge in [-0.15, -0.1) is 0 Å². The van der Waals surface area contributed by atoms with Crippen LogP contribution in [-0.2, 0) is 14.3 Å². The molecule has 21 heavy (non-hydrogen) atoms. The zero-order chi connectivity index (χ0) is 15.9. The molecule has 1 saturated carbocycles. The van der Waals surface area contributed by atoms with Crippen molar-refractivity contribution in [2.75, 3.05) is 19.7 Å². The maximum Gasteiger partial charge on any atom is 0.325 e. The van der Waals surface area contributed by atoms with Crippen LogP contribution in [0.2, 0.25) is 0 Å². The van der Waals surface area contributed by atoms with E-state index in [4.69, 9.17) is 22.7 Å². The minimum atomic E-state index is -0.783. The largest absolute Gasteiger partial charge is 0.465 e. The molecule has 0 aromatic rings. The number of nitrogens with two attached hydrogens (primary N) is 1. The van der Waals surface area contributed by atoms with Crippen LogP contribution in [0.25, 0.3) is 0 Å². The van der Waals surface area contributed by atoms with Crippen LogP contribution < -0.4 is 5.73 Å². The van der Waals surface area contributed by atoms with E-state index in [1.807, 2.05) is 6.92 Å². The number of nitrogens with zero attached hydrogens (tertiary/aromatic N) is 1. The molecule has 1 rings (SSSR count). The summed E-state index contributed by atoms with van der Waals surface area (Å²) in [5.41, 5.74) is 5.14. The summed E-state index contributed by atoms with van der Waals surface area (Å²) in [6.07, 6.45) is 5.45. The summed E-state index contributed by atoms with van der Waals surface area (Å²) in [7, 11) is 0. The van der Waals surface area contributed by atoms with Crippen LogP contribution in [0.4, 0.5) is 0 Å². The van der Waals surface area contributed by atoms with Crippen molar-refractivity contribution in [1.29, 1.82) is 0 Å². The van der Waals surface area contributed by atoms with Gasteiger partial charge in [0.05, 0.1) is 17.0 Å². The maximum absolute atomic E-state index is 12.9. The lowest BCUT2D eigenvalue weighted by molar-refractivity contribution is -0.151.